The molecule has 102 valence electrons. The number of aromatic nitrogens is 1. The smallest absolute Gasteiger partial charge is 0.268 e. The topological polar surface area (TPSA) is 8.32 Å². The third kappa shape index (κ3) is 2.23. The summed E-state index contributed by atoms with van der Waals surface area (Å²) in [5.74, 6) is 0. The van der Waals surface area contributed by atoms with Gasteiger partial charge in [0, 0.05) is 0 Å². The molecule has 0 bridgehead atoms. The molecule has 3 heteroatoms. The van der Waals surface area contributed by atoms with Crippen LogP contribution < -0.4 is 9.47 Å². The minimum Gasteiger partial charge on any atom is -0.313 e. The van der Waals surface area contributed by atoms with Crippen molar-refractivity contribution >= 4 is 38.4 Å². The van der Waals surface area contributed by atoms with Crippen LogP contribution >= 0.6 is 11.3 Å². The lowest BCUT2D eigenvalue weighted by Gasteiger charge is -1.98. The number of nitrogens with one attached hydrogen (secondary N) is 1. The molecule has 3 aromatic rings. The molecule has 0 saturated heterocycles. The Morgan fingerprint density at radius 1 is 1.15 bits per heavy atom. The predicted octanol–water partition coefficient (Wildman–Crippen LogP) is 2.48. The summed E-state index contributed by atoms with van der Waals surface area (Å²) in [7, 11) is 4.27. The van der Waals surface area contributed by atoms with Crippen LogP contribution in [0.15, 0.2) is 42.6 Å². The standard InChI is InChI=1S/C17H19N2S/c1-4-19-16(11-12-18(2)3)20-15-10-9-13-7-5-6-8-14(13)17(15)19/h5-12H,4H2,1-3H3/q+1/p+1. The molecule has 0 aliphatic rings. The van der Waals surface area contributed by atoms with Crippen molar-refractivity contribution in [2.75, 3.05) is 14.1 Å². The molecule has 1 N–H and O–H groups in total. The maximum Gasteiger partial charge on any atom is 0.268 e. The number of rotatable bonds is 3. The first-order valence-corrected chi connectivity index (χ1v) is 7.84. The molecule has 20 heavy (non-hydrogen) atoms. The number of hydrogen-bond acceptors (Lipinski definition) is 1. The van der Waals surface area contributed by atoms with Crippen LogP contribution in [0.1, 0.15) is 11.9 Å². The van der Waals surface area contributed by atoms with Gasteiger partial charge in [-0.15, -0.1) is 0 Å². The molecule has 2 aromatic carbocycles. The lowest BCUT2D eigenvalue weighted by Crippen LogP contribution is -3.00. The van der Waals surface area contributed by atoms with E-state index in [4.69, 9.17) is 0 Å². The highest BCUT2D eigenvalue weighted by molar-refractivity contribution is 7.19. The fourth-order valence-corrected chi connectivity index (χ4v) is 3.69. The molecule has 1 heterocycles. The SMILES string of the molecule is CC[n+]1c(/C=C/[NH+](C)C)sc2ccc3ccccc3c21. The summed E-state index contributed by atoms with van der Waals surface area (Å²) in [5, 5.41) is 3.98. The lowest BCUT2D eigenvalue weighted by molar-refractivity contribution is -0.800. The normalized spacial score (nSPS) is 12.2. The van der Waals surface area contributed by atoms with Gasteiger partial charge in [0.1, 0.15) is 17.4 Å². The second-order valence-corrected chi connectivity index (χ2v) is 6.29. The fourth-order valence-electron chi connectivity index (χ4n) is 2.55. The monoisotopic (exact) mass is 284 g/mol. The van der Waals surface area contributed by atoms with Gasteiger partial charge >= 0.3 is 0 Å². The number of hydrogen-bond donors (Lipinski definition) is 1. The van der Waals surface area contributed by atoms with Gasteiger partial charge in [-0.3, -0.25) is 0 Å². The highest BCUT2D eigenvalue weighted by Crippen LogP contribution is 2.28. The van der Waals surface area contributed by atoms with Gasteiger partial charge in [-0.1, -0.05) is 35.6 Å². The lowest BCUT2D eigenvalue weighted by atomic mass is 10.1. The highest BCUT2D eigenvalue weighted by atomic mass is 32.1. The molecule has 0 amide bonds. The third-order valence-electron chi connectivity index (χ3n) is 3.49. The Kier molecular flexibility index (Phi) is 3.55. The van der Waals surface area contributed by atoms with E-state index in [1.165, 1.54) is 30.9 Å². The average Bonchev–Trinajstić information content (AvgIpc) is 2.83. The van der Waals surface area contributed by atoms with Gasteiger partial charge in [0.25, 0.3) is 5.01 Å². The average molecular weight is 284 g/mol. The number of benzene rings is 2. The van der Waals surface area contributed by atoms with Crippen LogP contribution in [0.3, 0.4) is 0 Å². The summed E-state index contributed by atoms with van der Waals surface area (Å²) in [6, 6.07) is 13.1. The van der Waals surface area contributed by atoms with Crippen LogP contribution in [0.2, 0.25) is 0 Å². The van der Waals surface area contributed by atoms with Gasteiger partial charge in [-0.05, 0) is 24.4 Å². The Labute approximate surface area is 123 Å². The van der Waals surface area contributed by atoms with Crippen LogP contribution in [0.4, 0.5) is 0 Å². The van der Waals surface area contributed by atoms with Crippen molar-refractivity contribution in [3.05, 3.63) is 47.6 Å². The molecule has 0 radical (unpaired) electrons. The number of fused-ring (bicyclic) bond motifs is 3. The van der Waals surface area contributed by atoms with Crippen LogP contribution in [-0.4, -0.2) is 14.1 Å². The zero-order valence-corrected chi connectivity index (χ0v) is 13.0. The summed E-state index contributed by atoms with van der Waals surface area (Å²) in [4.78, 5) is 1.33. The van der Waals surface area contributed by atoms with Crippen molar-refractivity contribution in [1.82, 2.24) is 0 Å². The van der Waals surface area contributed by atoms with E-state index in [0.717, 1.165) is 6.54 Å². The van der Waals surface area contributed by atoms with Crippen LogP contribution in [0.25, 0.3) is 27.1 Å². The summed E-state index contributed by atoms with van der Waals surface area (Å²) in [5.41, 5.74) is 1.36. The number of aryl methyl sites for hydroxylation is 1. The first-order chi connectivity index (χ1) is 9.70. The molecule has 0 saturated carbocycles. The van der Waals surface area contributed by atoms with Gasteiger partial charge < -0.3 is 4.90 Å². The molecule has 0 unspecified atom stereocenters. The first kappa shape index (κ1) is 13.3. The minimum absolute atomic E-state index is 0.996. The van der Waals surface area contributed by atoms with Gasteiger partial charge in [-0.2, -0.15) is 4.57 Å². The Morgan fingerprint density at radius 2 is 1.95 bits per heavy atom. The van der Waals surface area contributed by atoms with E-state index in [0.29, 0.717) is 0 Å². The fraction of sp³-hybridized carbons (Fsp3) is 0.235. The van der Waals surface area contributed by atoms with E-state index in [-0.39, 0.29) is 0 Å². The molecule has 0 aliphatic carbocycles. The molecule has 1 aromatic heterocycles. The van der Waals surface area contributed by atoms with E-state index >= 15 is 0 Å². The van der Waals surface area contributed by atoms with Crippen molar-refractivity contribution in [2.24, 2.45) is 0 Å². The van der Waals surface area contributed by atoms with Gasteiger partial charge in [0.05, 0.1) is 25.6 Å². The maximum atomic E-state index is 2.42. The molecular formula is C17H20N2S+2. The number of nitrogens with zero attached hydrogens (tertiary/aromatic N) is 1. The molecule has 3 rings (SSSR count). The van der Waals surface area contributed by atoms with Crippen molar-refractivity contribution in [3.63, 3.8) is 0 Å². The third-order valence-corrected chi connectivity index (χ3v) is 4.60. The van der Waals surface area contributed by atoms with Crippen molar-refractivity contribution < 1.29 is 9.47 Å². The van der Waals surface area contributed by atoms with Crippen LogP contribution in [-0.2, 0) is 6.54 Å². The molecule has 0 spiro atoms. The quantitative estimate of drug-likeness (QED) is 0.707. The van der Waals surface area contributed by atoms with E-state index in [1.807, 2.05) is 11.3 Å². The highest BCUT2D eigenvalue weighted by Gasteiger charge is 2.19. The van der Waals surface area contributed by atoms with Crippen molar-refractivity contribution in [1.29, 1.82) is 0 Å². The molecular weight excluding hydrogens is 264 g/mol. The second kappa shape index (κ2) is 5.35. The first-order valence-electron chi connectivity index (χ1n) is 7.03. The Hall–Kier alpha value is -1.71. The second-order valence-electron chi connectivity index (χ2n) is 5.23. The number of thiazole rings is 1. The minimum atomic E-state index is 0.996. The van der Waals surface area contributed by atoms with Crippen LogP contribution in [0, 0.1) is 0 Å². The zero-order chi connectivity index (χ0) is 14.1. The van der Waals surface area contributed by atoms with E-state index < -0.39 is 0 Å². The Bertz CT molecular complexity index is 784. The van der Waals surface area contributed by atoms with Gasteiger partial charge in [0.2, 0.25) is 5.52 Å². The molecule has 0 fully saturated rings. The summed E-state index contributed by atoms with van der Waals surface area (Å²) in [6.45, 7) is 3.21. The molecule has 0 atom stereocenters. The number of quaternary nitrogens is 1. The summed E-state index contributed by atoms with van der Waals surface area (Å²) < 4.78 is 3.78. The molecule has 2 nitrogen and oxygen atoms in total. The van der Waals surface area contributed by atoms with Gasteiger partial charge in [0.15, 0.2) is 0 Å². The van der Waals surface area contributed by atoms with E-state index in [2.05, 4.69) is 74.3 Å². The predicted molar refractivity (Wildman–Crippen MR) is 87.0 cm³/mol. The Balaban J connectivity index is 2.31. The summed E-state index contributed by atoms with van der Waals surface area (Å²) >= 11 is 1.87. The van der Waals surface area contributed by atoms with Crippen molar-refractivity contribution in [2.45, 2.75) is 13.5 Å². The Morgan fingerprint density at radius 3 is 2.70 bits per heavy atom. The largest absolute Gasteiger partial charge is 0.313 e. The summed E-state index contributed by atoms with van der Waals surface area (Å²) in [6.07, 6.45) is 4.43. The van der Waals surface area contributed by atoms with Crippen molar-refractivity contribution in [3.8, 4) is 0 Å². The van der Waals surface area contributed by atoms with E-state index in [1.54, 1.807) is 0 Å². The van der Waals surface area contributed by atoms with Gasteiger partial charge in [-0.25, -0.2) is 0 Å². The molecule has 0 aliphatic heterocycles. The van der Waals surface area contributed by atoms with Crippen LogP contribution in [0.5, 0.6) is 0 Å². The van der Waals surface area contributed by atoms with E-state index in [9.17, 15) is 0 Å². The zero-order valence-electron chi connectivity index (χ0n) is 12.2. The maximum absolute atomic E-state index is 2.42.